The van der Waals surface area contributed by atoms with Gasteiger partial charge in [-0.1, -0.05) is 30.3 Å². The normalized spacial score (nSPS) is 20.6. The predicted molar refractivity (Wildman–Crippen MR) is 165 cm³/mol. The van der Waals surface area contributed by atoms with Gasteiger partial charge in [-0.15, -0.1) is 0 Å². The number of nitrogens with one attached hydrogen (secondary N) is 1. The monoisotopic (exact) mass is 590 g/mol. The fraction of sp³-hybridized carbons (Fsp3) is 0.265. The zero-order valence-electron chi connectivity index (χ0n) is 24.4. The maximum atomic E-state index is 16.0. The van der Waals surface area contributed by atoms with E-state index in [1.807, 2.05) is 48.5 Å². The summed E-state index contributed by atoms with van der Waals surface area (Å²) in [5.74, 6) is -0.468. The summed E-state index contributed by atoms with van der Waals surface area (Å²) < 4.78 is 22.6. The molecule has 10 heteroatoms. The molecule has 44 heavy (non-hydrogen) atoms. The number of benzene rings is 2. The molecule has 2 saturated carbocycles. The van der Waals surface area contributed by atoms with Gasteiger partial charge in [0.25, 0.3) is 0 Å². The number of carbonyl (C=O) groups is 2. The lowest BCUT2D eigenvalue weighted by atomic mass is 9.48. The molecular formula is C34H31FN6O3. The lowest BCUT2D eigenvalue weighted by Gasteiger charge is -2.56. The maximum Gasteiger partial charge on any atom is 0.308 e. The molecule has 222 valence electrons. The van der Waals surface area contributed by atoms with Crippen molar-refractivity contribution in [2.45, 2.75) is 32.6 Å². The fourth-order valence-electron chi connectivity index (χ4n) is 6.81. The van der Waals surface area contributed by atoms with E-state index in [0.717, 1.165) is 24.1 Å². The molecule has 3 heterocycles. The number of methoxy groups -OCH3 is 1. The molecule has 2 aliphatic carbocycles. The molecular weight excluding hydrogens is 559 g/mol. The number of nitrogens with two attached hydrogens (primary N) is 1. The molecule has 0 aliphatic heterocycles. The number of nitrogen functional groups attached to an aromatic ring is 1. The van der Waals surface area contributed by atoms with Gasteiger partial charge in [0.15, 0.2) is 17.3 Å². The van der Waals surface area contributed by atoms with E-state index in [1.165, 1.54) is 7.11 Å². The highest BCUT2D eigenvalue weighted by atomic mass is 19.1. The van der Waals surface area contributed by atoms with Gasteiger partial charge in [0.1, 0.15) is 11.3 Å². The molecule has 3 aromatic heterocycles. The number of nitrogens with zero attached hydrogens (tertiary/aromatic N) is 4. The third kappa shape index (κ3) is 4.57. The van der Waals surface area contributed by atoms with Crippen molar-refractivity contribution in [2.75, 3.05) is 18.2 Å². The average Bonchev–Trinajstić information content (AvgIpc) is 3.37. The van der Waals surface area contributed by atoms with Gasteiger partial charge in [0.05, 0.1) is 35.7 Å². The number of hydrogen-bond donors (Lipinski definition) is 2. The van der Waals surface area contributed by atoms with Crippen molar-refractivity contribution in [1.82, 2.24) is 19.5 Å². The number of imidazole rings is 1. The number of amides is 1. The van der Waals surface area contributed by atoms with Crippen LogP contribution in [0.3, 0.4) is 0 Å². The van der Waals surface area contributed by atoms with Crippen LogP contribution in [0.5, 0.6) is 0 Å². The first-order valence-electron chi connectivity index (χ1n) is 14.6. The van der Waals surface area contributed by atoms with E-state index in [1.54, 1.807) is 35.9 Å². The Kier molecular flexibility index (Phi) is 6.64. The van der Waals surface area contributed by atoms with E-state index in [9.17, 15) is 9.59 Å². The summed E-state index contributed by atoms with van der Waals surface area (Å²) in [6.45, 7) is 1.67. The van der Waals surface area contributed by atoms with Gasteiger partial charge in [-0.3, -0.25) is 14.2 Å². The average molecular weight is 591 g/mol. The Morgan fingerprint density at radius 1 is 0.977 bits per heavy atom. The van der Waals surface area contributed by atoms with Gasteiger partial charge in [0, 0.05) is 23.2 Å². The Labute approximate surface area is 253 Å². The summed E-state index contributed by atoms with van der Waals surface area (Å²) in [5, 5.41) is 2.80. The standard InChI is InChI=1S/C34H31FN6O3/c1-19-27(13-12-25(28(19)35)40-32(42)21-15-34(16-21)17-22(18-34)33(43)44-2)41-30(23-9-6-14-37-29(23)36)39-26-11-10-24(38-31(26)41)20-7-4-3-5-8-20/h3-14,21-22H,15-18H2,1-2H3,(H2,36,37)(H,40,42). The maximum absolute atomic E-state index is 16.0. The first-order valence-corrected chi connectivity index (χ1v) is 14.6. The molecule has 2 aliphatic rings. The van der Waals surface area contributed by atoms with Crippen LogP contribution >= 0.6 is 0 Å². The minimum atomic E-state index is -0.537. The molecule has 0 bridgehead atoms. The van der Waals surface area contributed by atoms with Crippen molar-refractivity contribution in [1.29, 1.82) is 0 Å². The van der Waals surface area contributed by atoms with Gasteiger partial charge >= 0.3 is 5.97 Å². The molecule has 5 aromatic rings. The van der Waals surface area contributed by atoms with Crippen LogP contribution in [0.1, 0.15) is 31.2 Å². The SMILES string of the molecule is COC(=O)C1CC2(CC(C(=O)Nc3ccc(-n4c(-c5cccnc5N)nc5ccc(-c6ccccc6)nc54)c(C)c3F)C2)C1. The highest BCUT2D eigenvalue weighted by Crippen LogP contribution is 2.61. The van der Waals surface area contributed by atoms with Gasteiger partial charge < -0.3 is 15.8 Å². The first-order chi connectivity index (χ1) is 21.3. The lowest BCUT2D eigenvalue weighted by Crippen LogP contribution is -2.52. The number of aromatic nitrogens is 4. The second kappa shape index (κ2) is 10.6. The Bertz CT molecular complexity index is 1920. The van der Waals surface area contributed by atoms with Crippen LogP contribution in [-0.2, 0) is 14.3 Å². The third-order valence-corrected chi connectivity index (χ3v) is 9.13. The molecule has 0 atom stereocenters. The van der Waals surface area contributed by atoms with Crippen LogP contribution in [0, 0.1) is 30.0 Å². The molecule has 2 fully saturated rings. The minimum Gasteiger partial charge on any atom is -0.469 e. The smallest absolute Gasteiger partial charge is 0.308 e. The molecule has 7 rings (SSSR count). The number of ether oxygens (including phenoxy) is 1. The summed E-state index contributed by atoms with van der Waals surface area (Å²) in [5.41, 5.74) is 10.7. The van der Waals surface area contributed by atoms with Gasteiger partial charge in [-0.05, 0) is 74.4 Å². The summed E-state index contributed by atoms with van der Waals surface area (Å²) >= 11 is 0. The zero-order chi connectivity index (χ0) is 30.6. The Hall–Kier alpha value is -5.12. The summed E-state index contributed by atoms with van der Waals surface area (Å²) in [4.78, 5) is 38.9. The highest BCUT2D eigenvalue weighted by molar-refractivity contribution is 5.94. The summed E-state index contributed by atoms with van der Waals surface area (Å²) in [7, 11) is 1.40. The highest BCUT2D eigenvalue weighted by Gasteiger charge is 2.56. The van der Waals surface area contributed by atoms with Crippen LogP contribution in [-0.4, -0.2) is 38.5 Å². The fourth-order valence-corrected chi connectivity index (χ4v) is 6.81. The number of pyridine rings is 2. The van der Waals surface area contributed by atoms with Crippen LogP contribution in [0.4, 0.5) is 15.9 Å². The Balaban J connectivity index is 1.22. The molecule has 2 aromatic carbocycles. The van der Waals surface area contributed by atoms with E-state index in [-0.39, 0.29) is 40.6 Å². The van der Waals surface area contributed by atoms with Gasteiger partial charge in [0.2, 0.25) is 5.91 Å². The van der Waals surface area contributed by atoms with Crippen LogP contribution in [0.2, 0.25) is 0 Å². The van der Waals surface area contributed by atoms with Crippen LogP contribution < -0.4 is 11.1 Å². The number of carbonyl (C=O) groups excluding carboxylic acids is 2. The molecule has 0 radical (unpaired) electrons. The summed E-state index contributed by atoms with van der Waals surface area (Å²) in [6.07, 6.45) is 4.48. The van der Waals surface area contributed by atoms with Crippen molar-refractivity contribution >= 4 is 34.5 Å². The first kappa shape index (κ1) is 27.7. The molecule has 1 spiro atoms. The van der Waals surface area contributed by atoms with Crippen molar-refractivity contribution in [3.05, 3.63) is 84.3 Å². The largest absolute Gasteiger partial charge is 0.469 e. The van der Waals surface area contributed by atoms with Crippen molar-refractivity contribution < 1.29 is 18.7 Å². The topological polar surface area (TPSA) is 125 Å². The van der Waals surface area contributed by atoms with Crippen molar-refractivity contribution in [3.8, 4) is 28.3 Å². The number of rotatable bonds is 6. The minimum absolute atomic E-state index is 0.0256. The van der Waals surface area contributed by atoms with Crippen LogP contribution in [0.25, 0.3) is 39.5 Å². The predicted octanol–water partition coefficient (Wildman–Crippen LogP) is 6.10. The van der Waals surface area contributed by atoms with E-state index >= 15 is 4.39 Å². The molecule has 3 N–H and O–H groups in total. The van der Waals surface area contributed by atoms with Gasteiger partial charge in [-0.25, -0.2) is 19.3 Å². The van der Waals surface area contributed by atoms with E-state index < -0.39 is 5.82 Å². The Morgan fingerprint density at radius 3 is 2.45 bits per heavy atom. The van der Waals surface area contributed by atoms with Crippen molar-refractivity contribution in [2.24, 2.45) is 17.3 Å². The van der Waals surface area contributed by atoms with E-state index in [0.29, 0.717) is 46.6 Å². The number of anilines is 2. The molecule has 9 nitrogen and oxygen atoms in total. The number of fused-ring (bicyclic) bond motifs is 1. The molecule has 1 amide bonds. The number of esters is 1. The molecule has 0 saturated heterocycles. The number of halogens is 1. The van der Waals surface area contributed by atoms with Gasteiger partial charge in [-0.2, -0.15) is 0 Å². The van der Waals surface area contributed by atoms with Crippen LogP contribution in [0.15, 0.2) is 72.9 Å². The third-order valence-electron chi connectivity index (χ3n) is 9.13. The quantitative estimate of drug-likeness (QED) is 0.229. The van der Waals surface area contributed by atoms with E-state index in [2.05, 4.69) is 10.3 Å². The lowest BCUT2D eigenvalue weighted by molar-refractivity contribution is -0.163. The second-order valence-electron chi connectivity index (χ2n) is 11.9. The number of hydrogen-bond acceptors (Lipinski definition) is 7. The second-order valence-corrected chi connectivity index (χ2v) is 11.9. The zero-order valence-corrected chi connectivity index (χ0v) is 24.4. The Morgan fingerprint density at radius 2 is 1.73 bits per heavy atom. The summed E-state index contributed by atoms with van der Waals surface area (Å²) in [6, 6.07) is 20.5. The van der Waals surface area contributed by atoms with Crippen molar-refractivity contribution in [3.63, 3.8) is 0 Å². The van der Waals surface area contributed by atoms with E-state index in [4.69, 9.17) is 20.4 Å². The molecule has 0 unspecified atom stereocenters.